The minimum atomic E-state index is -0.419. The van der Waals surface area contributed by atoms with E-state index in [1.165, 1.54) is 0 Å². The molecule has 2 aromatic rings. The molecule has 0 spiro atoms. The van der Waals surface area contributed by atoms with E-state index in [1.54, 1.807) is 6.92 Å². The molecule has 0 saturated carbocycles. The van der Waals surface area contributed by atoms with Gasteiger partial charge in [0.2, 0.25) is 0 Å². The molecule has 0 radical (unpaired) electrons. The van der Waals surface area contributed by atoms with Crippen LogP contribution in [-0.2, 0) is 20.7 Å². The van der Waals surface area contributed by atoms with Gasteiger partial charge in [0.1, 0.15) is 24.7 Å². The quantitative estimate of drug-likeness (QED) is 0.461. The minimum absolute atomic E-state index is 0.169. The molecule has 1 aliphatic carbocycles. The third-order valence-corrected chi connectivity index (χ3v) is 4.20. The van der Waals surface area contributed by atoms with E-state index in [2.05, 4.69) is 6.58 Å². The van der Waals surface area contributed by atoms with Crippen LogP contribution in [0.2, 0.25) is 0 Å². The Labute approximate surface area is 147 Å². The predicted molar refractivity (Wildman–Crippen MR) is 94.7 cm³/mol. The third kappa shape index (κ3) is 3.79. The molecule has 4 nitrogen and oxygen atoms in total. The summed E-state index contributed by atoms with van der Waals surface area (Å²) in [4.78, 5) is 23.6. The van der Waals surface area contributed by atoms with Crippen molar-refractivity contribution in [2.24, 2.45) is 0 Å². The summed E-state index contributed by atoms with van der Waals surface area (Å²) in [5.74, 6) is 0.287. The molecule has 0 heterocycles. The van der Waals surface area contributed by atoms with Gasteiger partial charge in [-0.15, -0.1) is 0 Å². The monoisotopic (exact) mass is 336 g/mol. The fourth-order valence-corrected chi connectivity index (χ4v) is 2.98. The molecule has 0 saturated heterocycles. The number of hydrogen-bond donors (Lipinski definition) is 0. The van der Waals surface area contributed by atoms with Crippen molar-refractivity contribution in [3.63, 3.8) is 0 Å². The normalized spacial score (nSPS) is 15.6. The van der Waals surface area contributed by atoms with E-state index in [0.717, 1.165) is 16.7 Å². The second-order valence-electron chi connectivity index (χ2n) is 6.11. The van der Waals surface area contributed by atoms with E-state index < -0.39 is 5.97 Å². The maximum Gasteiger partial charge on any atom is 0.333 e. The highest BCUT2D eigenvalue weighted by atomic mass is 16.6. The molecule has 0 aliphatic heterocycles. The number of esters is 1. The summed E-state index contributed by atoms with van der Waals surface area (Å²) < 4.78 is 10.5. The first kappa shape index (κ1) is 17.0. The molecule has 1 unspecified atom stereocenters. The van der Waals surface area contributed by atoms with Crippen molar-refractivity contribution < 1.29 is 19.1 Å². The van der Waals surface area contributed by atoms with E-state index in [4.69, 9.17) is 9.47 Å². The van der Waals surface area contributed by atoms with Crippen LogP contribution < -0.4 is 4.74 Å². The van der Waals surface area contributed by atoms with Gasteiger partial charge in [0, 0.05) is 12.0 Å². The first-order valence-corrected chi connectivity index (χ1v) is 8.22. The molecule has 25 heavy (non-hydrogen) atoms. The molecular weight excluding hydrogens is 316 g/mol. The zero-order valence-electron chi connectivity index (χ0n) is 14.2. The number of hydrogen-bond acceptors (Lipinski definition) is 4. The summed E-state index contributed by atoms with van der Waals surface area (Å²) >= 11 is 0. The molecule has 0 N–H and O–H groups in total. The average Bonchev–Trinajstić information content (AvgIpc) is 2.94. The maximum absolute atomic E-state index is 12.4. The largest absolute Gasteiger partial charge is 0.490 e. The topological polar surface area (TPSA) is 52.6 Å². The van der Waals surface area contributed by atoms with Gasteiger partial charge in [-0.2, -0.15) is 0 Å². The Hall–Kier alpha value is -2.88. The molecule has 0 bridgehead atoms. The number of carbonyl (C=O) groups is 2. The number of carbonyl (C=O) groups excluding carboxylic acids is 2. The summed E-state index contributed by atoms with van der Waals surface area (Å²) in [7, 11) is 0. The molecule has 1 aliphatic rings. The number of benzene rings is 2. The highest BCUT2D eigenvalue weighted by Gasteiger charge is 2.31. The lowest BCUT2D eigenvalue weighted by Crippen LogP contribution is -2.12. The van der Waals surface area contributed by atoms with Gasteiger partial charge in [0.25, 0.3) is 0 Å². The number of Topliss-reactive ketones (excluding diaryl/α,β-unsaturated/α-hetero) is 1. The van der Waals surface area contributed by atoms with Crippen molar-refractivity contribution in [3.8, 4) is 5.75 Å². The number of fused-ring (bicyclic) bond motifs is 1. The van der Waals surface area contributed by atoms with Crippen molar-refractivity contribution in [2.45, 2.75) is 19.3 Å². The molecule has 1 atom stereocenters. The molecule has 3 rings (SSSR count). The lowest BCUT2D eigenvalue weighted by Gasteiger charge is -2.12. The minimum Gasteiger partial charge on any atom is -0.490 e. The zero-order valence-corrected chi connectivity index (χ0v) is 14.2. The Balaban J connectivity index is 1.60. The first-order chi connectivity index (χ1) is 12.1. The number of rotatable bonds is 6. The number of ketones is 1. The standard InChI is InChI=1S/C21H20O4/c1-14(2)21(23)25-12-11-24-17-9-7-15(8-10-17)20-18-6-4-3-5-16(18)13-19(20)22/h3-10,20H,1,11-13H2,2H3. The second kappa shape index (κ2) is 7.34. The highest BCUT2D eigenvalue weighted by Crippen LogP contribution is 2.35. The third-order valence-electron chi connectivity index (χ3n) is 4.20. The lowest BCUT2D eigenvalue weighted by molar-refractivity contribution is -0.139. The lowest BCUT2D eigenvalue weighted by atomic mass is 9.92. The molecule has 0 fully saturated rings. The summed E-state index contributed by atoms with van der Waals surface area (Å²) in [5.41, 5.74) is 3.53. The van der Waals surface area contributed by atoms with E-state index in [9.17, 15) is 9.59 Å². The fraction of sp³-hybridized carbons (Fsp3) is 0.238. The smallest absolute Gasteiger partial charge is 0.333 e. The predicted octanol–water partition coefficient (Wildman–Crippen LogP) is 3.44. The summed E-state index contributed by atoms with van der Waals surface area (Å²) in [6, 6.07) is 15.5. The Morgan fingerprint density at radius 1 is 1.12 bits per heavy atom. The van der Waals surface area contributed by atoms with Gasteiger partial charge >= 0.3 is 5.97 Å². The van der Waals surface area contributed by atoms with Crippen molar-refractivity contribution in [3.05, 3.63) is 77.4 Å². The van der Waals surface area contributed by atoms with Gasteiger partial charge in [-0.1, -0.05) is 43.0 Å². The van der Waals surface area contributed by atoms with Crippen LogP contribution in [0.3, 0.4) is 0 Å². The van der Waals surface area contributed by atoms with E-state index >= 15 is 0 Å². The van der Waals surface area contributed by atoms with Crippen LogP contribution in [0.5, 0.6) is 5.75 Å². The van der Waals surface area contributed by atoms with E-state index in [-0.39, 0.29) is 24.9 Å². The van der Waals surface area contributed by atoms with Gasteiger partial charge in [-0.3, -0.25) is 4.79 Å². The first-order valence-electron chi connectivity index (χ1n) is 8.22. The van der Waals surface area contributed by atoms with Crippen LogP contribution in [0.1, 0.15) is 29.5 Å². The van der Waals surface area contributed by atoms with Gasteiger partial charge in [0.15, 0.2) is 0 Å². The van der Waals surface area contributed by atoms with E-state index in [1.807, 2.05) is 48.5 Å². The van der Waals surface area contributed by atoms with Crippen molar-refractivity contribution in [1.29, 1.82) is 0 Å². The molecule has 128 valence electrons. The Morgan fingerprint density at radius 2 is 1.84 bits per heavy atom. The molecule has 2 aromatic carbocycles. The van der Waals surface area contributed by atoms with Gasteiger partial charge in [0.05, 0.1) is 5.92 Å². The Bertz CT molecular complexity index is 805. The van der Waals surface area contributed by atoms with Crippen LogP contribution in [0.25, 0.3) is 0 Å². The average molecular weight is 336 g/mol. The number of ether oxygens (including phenoxy) is 2. The van der Waals surface area contributed by atoms with Crippen LogP contribution in [0.15, 0.2) is 60.7 Å². The van der Waals surface area contributed by atoms with Crippen molar-refractivity contribution in [2.75, 3.05) is 13.2 Å². The van der Waals surface area contributed by atoms with Crippen LogP contribution in [0.4, 0.5) is 0 Å². The summed E-state index contributed by atoms with van der Waals surface area (Å²) in [6.07, 6.45) is 0.493. The van der Waals surface area contributed by atoms with Crippen molar-refractivity contribution >= 4 is 11.8 Å². The van der Waals surface area contributed by atoms with Gasteiger partial charge in [-0.05, 0) is 35.7 Å². The Morgan fingerprint density at radius 3 is 2.56 bits per heavy atom. The summed E-state index contributed by atoms with van der Waals surface area (Å²) in [5, 5.41) is 0. The van der Waals surface area contributed by atoms with Crippen LogP contribution in [-0.4, -0.2) is 25.0 Å². The van der Waals surface area contributed by atoms with Crippen molar-refractivity contribution in [1.82, 2.24) is 0 Å². The maximum atomic E-state index is 12.4. The second-order valence-corrected chi connectivity index (χ2v) is 6.11. The zero-order chi connectivity index (χ0) is 17.8. The molecule has 0 amide bonds. The van der Waals surface area contributed by atoms with E-state index in [0.29, 0.717) is 17.7 Å². The molecular formula is C21H20O4. The van der Waals surface area contributed by atoms with Crippen LogP contribution in [0, 0.1) is 0 Å². The van der Waals surface area contributed by atoms with Gasteiger partial charge in [-0.25, -0.2) is 4.79 Å². The van der Waals surface area contributed by atoms with Crippen LogP contribution >= 0.6 is 0 Å². The SMILES string of the molecule is C=C(C)C(=O)OCCOc1ccc(C2C(=O)Cc3ccccc32)cc1. The summed E-state index contributed by atoms with van der Waals surface area (Å²) in [6.45, 7) is 5.56. The highest BCUT2D eigenvalue weighted by molar-refractivity contribution is 5.95. The fourth-order valence-electron chi connectivity index (χ4n) is 2.98. The molecule has 4 heteroatoms. The molecule has 0 aromatic heterocycles. The van der Waals surface area contributed by atoms with Gasteiger partial charge < -0.3 is 9.47 Å². The Kier molecular flexibility index (Phi) is 4.98.